The van der Waals surface area contributed by atoms with Gasteiger partial charge in [0.1, 0.15) is 0 Å². The second-order valence-corrected chi connectivity index (χ2v) is 6.75. The summed E-state index contributed by atoms with van der Waals surface area (Å²) in [6.45, 7) is 9.85. The van der Waals surface area contributed by atoms with Gasteiger partial charge in [-0.25, -0.2) is 0 Å². The number of amides is 2. The lowest BCUT2D eigenvalue weighted by Gasteiger charge is -2.39. The monoisotopic (exact) mass is 282 g/mol. The van der Waals surface area contributed by atoms with Gasteiger partial charge < -0.3 is 14.5 Å². The molecule has 2 aliphatic heterocycles. The maximum atomic E-state index is 12.4. The van der Waals surface area contributed by atoms with Gasteiger partial charge in [-0.2, -0.15) is 0 Å². The molecule has 0 bridgehead atoms. The van der Waals surface area contributed by atoms with Crippen LogP contribution in [0.2, 0.25) is 0 Å². The minimum atomic E-state index is -0.340. The van der Waals surface area contributed by atoms with E-state index in [1.165, 1.54) is 0 Å². The maximum Gasteiger partial charge on any atom is 0.228 e. The Kier molecular flexibility index (Phi) is 4.68. The van der Waals surface area contributed by atoms with Crippen molar-refractivity contribution >= 4 is 11.8 Å². The van der Waals surface area contributed by atoms with Crippen LogP contribution in [0.5, 0.6) is 0 Å². The zero-order valence-electron chi connectivity index (χ0n) is 12.9. The lowest BCUT2D eigenvalue weighted by Crippen LogP contribution is -2.54. The van der Waals surface area contributed by atoms with Gasteiger partial charge >= 0.3 is 0 Å². The Hall–Kier alpha value is -1.10. The smallest absolute Gasteiger partial charge is 0.228 e. The normalized spacial score (nSPS) is 21.9. The fraction of sp³-hybridized carbons (Fsp3) is 0.867. The Labute approximate surface area is 121 Å². The van der Waals surface area contributed by atoms with Crippen LogP contribution in [0.1, 0.15) is 33.6 Å². The van der Waals surface area contributed by atoms with Crippen LogP contribution in [-0.2, 0) is 14.3 Å². The summed E-state index contributed by atoms with van der Waals surface area (Å²) in [6.07, 6.45) is 1.67. The Bertz CT molecular complexity index is 362. The van der Waals surface area contributed by atoms with Gasteiger partial charge in [0.05, 0.1) is 0 Å². The van der Waals surface area contributed by atoms with Crippen LogP contribution in [0, 0.1) is 11.3 Å². The summed E-state index contributed by atoms with van der Waals surface area (Å²) in [6, 6.07) is 0. The second-order valence-electron chi connectivity index (χ2n) is 6.75. The van der Waals surface area contributed by atoms with E-state index in [-0.39, 0.29) is 23.1 Å². The van der Waals surface area contributed by atoms with Crippen molar-refractivity contribution in [2.45, 2.75) is 33.6 Å². The van der Waals surface area contributed by atoms with E-state index in [9.17, 15) is 9.59 Å². The van der Waals surface area contributed by atoms with Crippen molar-refractivity contribution < 1.29 is 14.3 Å². The highest BCUT2D eigenvalue weighted by Gasteiger charge is 2.33. The average Bonchev–Trinajstić information content (AvgIpc) is 2.46. The van der Waals surface area contributed by atoms with E-state index in [1.807, 2.05) is 30.6 Å². The van der Waals surface area contributed by atoms with Crippen LogP contribution < -0.4 is 0 Å². The van der Waals surface area contributed by atoms with E-state index in [2.05, 4.69) is 0 Å². The summed E-state index contributed by atoms with van der Waals surface area (Å²) < 4.78 is 5.30. The predicted molar refractivity (Wildman–Crippen MR) is 76.2 cm³/mol. The van der Waals surface area contributed by atoms with Gasteiger partial charge in [0, 0.05) is 50.7 Å². The Balaban J connectivity index is 1.84. The first kappa shape index (κ1) is 15.3. The number of ether oxygens (including phenoxy) is 1. The van der Waals surface area contributed by atoms with Gasteiger partial charge in [-0.1, -0.05) is 20.8 Å². The van der Waals surface area contributed by atoms with Crippen molar-refractivity contribution in [3.8, 4) is 0 Å². The standard InChI is InChI=1S/C15H26N2O3/c1-15(2,3)14(19)17-8-6-16(7-9-17)13(18)12-4-10-20-11-5-12/h12H,4-11H2,1-3H3. The minimum Gasteiger partial charge on any atom is -0.381 e. The molecule has 5 heteroatoms. The molecular formula is C15H26N2O3. The van der Waals surface area contributed by atoms with E-state index >= 15 is 0 Å². The number of carbonyl (C=O) groups is 2. The second kappa shape index (κ2) is 6.12. The molecule has 114 valence electrons. The summed E-state index contributed by atoms with van der Waals surface area (Å²) in [4.78, 5) is 28.4. The Morgan fingerprint density at radius 3 is 1.95 bits per heavy atom. The SMILES string of the molecule is CC(C)(C)C(=O)N1CCN(C(=O)C2CCOCC2)CC1. The molecule has 2 aliphatic rings. The van der Waals surface area contributed by atoms with Gasteiger partial charge in [-0.05, 0) is 12.8 Å². The van der Waals surface area contributed by atoms with Gasteiger partial charge in [0.15, 0.2) is 0 Å². The summed E-state index contributed by atoms with van der Waals surface area (Å²) in [5.74, 6) is 0.542. The largest absolute Gasteiger partial charge is 0.381 e. The highest BCUT2D eigenvalue weighted by Crippen LogP contribution is 2.21. The van der Waals surface area contributed by atoms with Crippen LogP contribution in [0.15, 0.2) is 0 Å². The number of nitrogens with zero attached hydrogens (tertiary/aromatic N) is 2. The Morgan fingerprint density at radius 1 is 0.950 bits per heavy atom. The minimum absolute atomic E-state index is 0.119. The highest BCUT2D eigenvalue weighted by atomic mass is 16.5. The lowest BCUT2D eigenvalue weighted by molar-refractivity contribution is -0.147. The molecule has 0 aromatic heterocycles. The molecule has 2 fully saturated rings. The molecule has 0 aromatic carbocycles. The molecular weight excluding hydrogens is 256 g/mol. The third-order valence-electron chi connectivity index (χ3n) is 4.09. The van der Waals surface area contributed by atoms with Crippen LogP contribution in [0.25, 0.3) is 0 Å². The molecule has 2 saturated heterocycles. The van der Waals surface area contributed by atoms with Crippen molar-refractivity contribution in [3.05, 3.63) is 0 Å². The number of hydrogen-bond acceptors (Lipinski definition) is 3. The lowest BCUT2D eigenvalue weighted by atomic mass is 9.94. The molecule has 5 nitrogen and oxygen atoms in total. The van der Waals surface area contributed by atoms with Crippen molar-refractivity contribution in [3.63, 3.8) is 0 Å². The molecule has 0 saturated carbocycles. The first-order valence-electron chi connectivity index (χ1n) is 7.55. The van der Waals surface area contributed by atoms with E-state index in [4.69, 9.17) is 4.74 Å². The Morgan fingerprint density at radius 2 is 1.45 bits per heavy atom. The van der Waals surface area contributed by atoms with Crippen molar-refractivity contribution in [2.75, 3.05) is 39.4 Å². The molecule has 20 heavy (non-hydrogen) atoms. The topological polar surface area (TPSA) is 49.9 Å². The average molecular weight is 282 g/mol. The van der Waals surface area contributed by atoms with Crippen LogP contribution in [0.3, 0.4) is 0 Å². The van der Waals surface area contributed by atoms with Crippen LogP contribution in [0.4, 0.5) is 0 Å². The van der Waals surface area contributed by atoms with Gasteiger partial charge in [-0.3, -0.25) is 9.59 Å². The third-order valence-corrected chi connectivity index (χ3v) is 4.09. The molecule has 0 N–H and O–H groups in total. The van der Waals surface area contributed by atoms with E-state index in [1.54, 1.807) is 0 Å². The first-order valence-corrected chi connectivity index (χ1v) is 7.55. The molecule has 0 atom stereocenters. The molecule has 2 heterocycles. The molecule has 0 spiro atoms. The summed E-state index contributed by atoms with van der Waals surface area (Å²) in [5, 5.41) is 0. The quantitative estimate of drug-likeness (QED) is 0.724. The maximum absolute atomic E-state index is 12.4. The van der Waals surface area contributed by atoms with E-state index < -0.39 is 0 Å². The molecule has 0 unspecified atom stereocenters. The van der Waals surface area contributed by atoms with Gasteiger partial charge in [0.2, 0.25) is 11.8 Å². The first-order chi connectivity index (χ1) is 9.39. The third kappa shape index (κ3) is 3.51. The molecule has 2 rings (SSSR count). The van der Waals surface area contributed by atoms with Gasteiger partial charge in [-0.15, -0.1) is 0 Å². The van der Waals surface area contributed by atoms with Gasteiger partial charge in [0.25, 0.3) is 0 Å². The fourth-order valence-corrected chi connectivity index (χ4v) is 2.81. The van der Waals surface area contributed by atoms with E-state index in [0.29, 0.717) is 39.4 Å². The highest BCUT2D eigenvalue weighted by molar-refractivity contribution is 5.82. The zero-order valence-corrected chi connectivity index (χ0v) is 12.9. The van der Waals surface area contributed by atoms with Crippen molar-refractivity contribution in [1.29, 1.82) is 0 Å². The van der Waals surface area contributed by atoms with Crippen LogP contribution >= 0.6 is 0 Å². The zero-order chi connectivity index (χ0) is 14.8. The fourth-order valence-electron chi connectivity index (χ4n) is 2.81. The van der Waals surface area contributed by atoms with E-state index in [0.717, 1.165) is 12.8 Å². The predicted octanol–water partition coefficient (Wildman–Crippen LogP) is 1.13. The van der Waals surface area contributed by atoms with Crippen molar-refractivity contribution in [1.82, 2.24) is 9.80 Å². The number of piperazine rings is 1. The number of rotatable bonds is 1. The summed E-state index contributed by atoms with van der Waals surface area (Å²) in [7, 11) is 0. The number of carbonyl (C=O) groups excluding carboxylic acids is 2. The van der Waals surface area contributed by atoms with Crippen molar-refractivity contribution in [2.24, 2.45) is 11.3 Å². The molecule has 2 amide bonds. The van der Waals surface area contributed by atoms with Crippen LogP contribution in [-0.4, -0.2) is 61.0 Å². The molecule has 0 aromatic rings. The molecule has 0 aliphatic carbocycles. The summed E-state index contributed by atoms with van der Waals surface area (Å²) in [5.41, 5.74) is -0.340. The number of hydrogen-bond donors (Lipinski definition) is 0. The summed E-state index contributed by atoms with van der Waals surface area (Å²) >= 11 is 0. The molecule has 0 radical (unpaired) electrons.